The van der Waals surface area contributed by atoms with Crippen molar-refractivity contribution in [2.24, 2.45) is 49.3 Å². The zero-order valence-corrected chi connectivity index (χ0v) is 51.8. The average molecular weight is 1260 g/mol. The number of nitrogens with one attached hydrogen (secondary N) is 10. The fraction of sp³-hybridized carbons (Fsp3) is 0.293. The van der Waals surface area contributed by atoms with Crippen molar-refractivity contribution in [2.75, 3.05) is 77.5 Å². The molecule has 0 radical (unpaired) electrons. The van der Waals surface area contributed by atoms with Gasteiger partial charge in [0.1, 0.15) is 39.0 Å². The van der Waals surface area contributed by atoms with Gasteiger partial charge in [-0.05, 0) is 81.3 Å². The summed E-state index contributed by atoms with van der Waals surface area (Å²) in [7, 11) is 15.3. The lowest BCUT2D eigenvalue weighted by molar-refractivity contribution is -0.121. The minimum atomic E-state index is -0.631. The molecule has 0 aliphatic rings. The minimum Gasteiger partial charge on any atom is -0.356 e. The molecule has 0 saturated carbocycles. The van der Waals surface area contributed by atoms with Gasteiger partial charge < -0.3 is 90.0 Å². The molecule has 0 aliphatic heterocycles. The van der Waals surface area contributed by atoms with E-state index in [2.05, 4.69) is 58.2 Å². The maximum absolute atomic E-state index is 13.5. The molecule has 89 heavy (non-hydrogen) atoms. The van der Waals surface area contributed by atoms with E-state index in [-0.39, 0.29) is 89.8 Å². The molecule has 8 aromatic rings. The number of thiophene rings is 1. The van der Waals surface area contributed by atoms with Gasteiger partial charge in [0.25, 0.3) is 47.3 Å². The Hall–Kier alpha value is -10.5. The Morgan fingerprint density at radius 3 is 1.19 bits per heavy atom. The van der Waals surface area contributed by atoms with Crippen molar-refractivity contribution in [1.29, 1.82) is 0 Å². The van der Waals surface area contributed by atoms with Gasteiger partial charge in [-0.25, -0.2) is 4.98 Å². The standard InChI is InChI=1S/C58H68ClN19O10S/c1-71(2)18-11-16-60-47(79)13-17-62-52(82)41-21-34(27-73(41)4)64-54(84)43-23-36(29-75(43)6)66-56(86)45-25-38(31-77(45)8)68-58(88)50-70-46(32-78(50)9)69-48(80)12-10-15-61-51(81)40-20-33(26-72(40)3)63-53(83)42-22-35(28-74(42)5)65-55(85)44-24-37(30-76(44)7)67-57(87)49-39(59)14-19-89-49/h14,19-32H,10-13,15-18H2,1-9H3,(H,60,79)(H,61,81)(H,62,82)(H,63,83)(H,64,84)(H,65,85)(H,66,86)(H,67,87)(H,68,88)(H,69,80). The van der Waals surface area contributed by atoms with Crippen LogP contribution in [0.5, 0.6) is 0 Å². The molecule has 0 aromatic carbocycles. The van der Waals surface area contributed by atoms with Crippen molar-refractivity contribution in [3.8, 4) is 0 Å². The zero-order chi connectivity index (χ0) is 64.4. The van der Waals surface area contributed by atoms with E-state index < -0.39 is 53.2 Å². The molecular weight excluding hydrogens is 1190 g/mol. The van der Waals surface area contributed by atoms with Gasteiger partial charge in [0, 0.05) is 125 Å². The van der Waals surface area contributed by atoms with Crippen LogP contribution in [0.3, 0.4) is 0 Å². The first kappa shape index (κ1) is 64.5. The molecule has 0 fully saturated rings. The van der Waals surface area contributed by atoms with Gasteiger partial charge in [0.15, 0.2) is 5.82 Å². The van der Waals surface area contributed by atoms with Crippen LogP contribution < -0.4 is 53.2 Å². The average Bonchev–Trinajstić information content (AvgIpc) is 2.77. The Kier molecular flexibility index (Phi) is 20.6. The van der Waals surface area contributed by atoms with Gasteiger partial charge in [-0.15, -0.1) is 11.3 Å². The lowest BCUT2D eigenvalue weighted by Gasteiger charge is -2.10. The second kappa shape index (κ2) is 28.4. The molecule has 0 saturated heterocycles. The van der Waals surface area contributed by atoms with Crippen LogP contribution in [-0.4, -0.2) is 141 Å². The lowest BCUT2D eigenvalue weighted by atomic mass is 10.3. The number of imidazole rings is 1. The molecule has 29 nitrogen and oxygen atoms in total. The maximum atomic E-state index is 13.5. The van der Waals surface area contributed by atoms with Crippen LogP contribution in [0, 0.1) is 0 Å². The van der Waals surface area contributed by atoms with E-state index in [0.29, 0.717) is 44.9 Å². The number of hydrogen-bond acceptors (Lipinski definition) is 13. The van der Waals surface area contributed by atoms with Gasteiger partial charge in [-0.2, -0.15) is 0 Å². The summed E-state index contributed by atoms with van der Waals surface area (Å²) in [5.41, 5.74) is 3.30. The summed E-state index contributed by atoms with van der Waals surface area (Å²) >= 11 is 7.28. The highest BCUT2D eigenvalue weighted by molar-refractivity contribution is 7.12. The number of aryl methyl sites for hydroxylation is 7. The lowest BCUT2D eigenvalue weighted by Crippen LogP contribution is -2.32. The molecule has 10 amide bonds. The van der Waals surface area contributed by atoms with E-state index in [1.165, 1.54) is 83.0 Å². The molecule has 468 valence electrons. The Balaban J connectivity index is 0.747. The number of anilines is 7. The molecule has 31 heteroatoms. The third kappa shape index (κ3) is 16.5. The number of hydrogen-bond donors (Lipinski definition) is 10. The molecule has 0 aliphatic carbocycles. The summed E-state index contributed by atoms with van der Waals surface area (Å²) in [6.45, 7) is 1.64. The Morgan fingerprint density at radius 1 is 0.427 bits per heavy atom. The van der Waals surface area contributed by atoms with Gasteiger partial charge in [0.2, 0.25) is 17.6 Å². The van der Waals surface area contributed by atoms with Crippen molar-refractivity contribution in [2.45, 2.75) is 25.7 Å². The fourth-order valence-electron chi connectivity index (χ4n) is 9.34. The van der Waals surface area contributed by atoms with Crippen molar-refractivity contribution < 1.29 is 47.9 Å². The first-order valence-electron chi connectivity index (χ1n) is 27.7. The molecular formula is C58H68ClN19O10S. The highest BCUT2D eigenvalue weighted by atomic mass is 35.5. The number of halogens is 1. The van der Waals surface area contributed by atoms with Crippen LogP contribution in [-0.2, 0) is 58.9 Å². The van der Waals surface area contributed by atoms with Crippen LogP contribution in [0.25, 0.3) is 0 Å². The monoisotopic (exact) mass is 1260 g/mol. The topological polar surface area (TPSA) is 342 Å². The van der Waals surface area contributed by atoms with Crippen molar-refractivity contribution in [1.82, 2.24) is 57.8 Å². The van der Waals surface area contributed by atoms with Gasteiger partial charge in [0.05, 0.1) is 39.1 Å². The van der Waals surface area contributed by atoms with Gasteiger partial charge >= 0.3 is 0 Å². The van der Waals surface area contributed by atoms with E-state index in [0.717, 1.165) is 13.0 Å². The SMILES string of the molecule is CN(C)CCCNC(=O)CCNC(=O)c1cc(NC(=O)c2cc(NC(=O)c3cc(NC(=O)c4nc(NC(=O)CCCNC(=O)c5cc(NC(=O)c6cc(NC(=O)c7cc(NC(=O)c8sccc8Cl)cn7C)cn6C)cn5C)cn4C)cn3C)cn2C)cn1C. The fourth-order valence-corrected chi connectivity index (χ4v) is 10.4. The molecule has 0 spiro atoms. The number of carbonyl (C=O) groups is 10. The van der Waals surface area contributed by atoms with E-state index in [1.807, 2.05) is 19.0 Å². The number of amides is 10. The first-order chi connectivity index (χ1) is 42.3. The summed E-state index contributed by atoms with van der Waals surface area (Å²) < 4.78 is 10.6. The Morgan fingerprint density at radius 2 is 0.798 bits per heavy atom. The largest absolute Gasteiger partial charge is 0.356 e. The third-order valence-corrected chi connectivity index (χ3v) is 15.1. The van der Waals surface area contributed by atoms with Crippen molar-refractivity contribution >= 4 is 122 Å². The van der Waals surface area contributed by atoms with Crippen LogP contribution >= 0.6 is 22.9 Å². The van der Waals surface area contributed by atoms with Crippen molar-refractivity contribution in [3.05, 3.63) is 141 Å². The Bertz CT molecular complexity index is 4030. The predicted octanol–water partition coefficient (Wildman–Crippen LogP) is 5.02. The minimum absolute atomic E-state index is 0.00655. The predicted molar refractivity (Wildman–Crippen MR) is 336 cm³/mol. The Labute approximate surface area is 519 Å². The smallest absolute Gasteiger partial charge is 0.291 e. The van der Waals surface area contributed by atoms with Crippen LogP contribution in [0.4, 0.5) is 39.9 Å². The summed E-state index contributed by atoms with van der Waals surface area (Å²) in [5.74, 6) is -4.49. The number of nitrogens with zero attached hydrogens (tertiary/aromatic N) is 9. The normalized spacial score (nSPS) is 11.0. The highest BCUT2D eigenvalue weighted by Crippen LogP contribution is 2.26. The maximum Gasteiger partial charge on any atom is 0.291 e. The molecule has 10 N–H and O–H groups in total. The summed E-state index contributed by atoms with van der Waals surface area (Å²) in [6.07, 6.45) is 12.0. The van der Waals surface area contributed by atoms with E-state index in [1.54, 1.807) is 101 Å². The van der Waals surface area contributed by atoms with E-state index in [9.17, 15) is 47.9 Å². The molecule has 8 aromatic heterocycles. The van der Waals surface area contributed by atoms with Crippen molar-refractivity contribution in [3.63, 3.8) is 0 Å². The molecule has 0 atom stereocenters. The number of carbonyl (C=O) groups excluding carboxylic acids is 10. The van der Waals surface area contributed by atoms with Gasteiger partial charge in [-0.1, -0.05) is 11.6 Å². The first-order valence-corrected chi connectivity index (χ1v) is 29.0. The van der Waals surface area contributed by atoms with Crippen LogP contribution in [0.15, 0.2) is 91.2 Å². The summed E-state index contributed by atoms with van der Waals surface area (Å²) in [4.78, 5) is 137. The quantitative estimate of drug-likeness (QED) is 0.0320. The molecule has 8 heterocycles. The summed E-state index contributed by atoms with van der Waals surface area (Å²) in [5, 5.41) is 29.6. The van der Waals surface area contributed by atoms with Crippen LogP contribution in [0.2, 0.25) is 5.02 Å². The third-order valence-electron chi connectivity index (χ3n) is 13.8. The molecule has 0 unspecified atom stereocenters. The number of rotatable bonds is 26. The second-order valence-corrected chi connectivity index (χ2v) is 22.5. The van der Waals surface area contributed by atoms with E-state index in [4.69, 9.17) is 11.6 Å². The molecule has 0 bridgehead atoms. The van der Waals surface area contributed by atoms with E-state index >= 15 is 0 Å². The highest BCUT2D eigenvalue weighted by Gasteiger charge is 2.24. The second-order valence-electron chi connectivity index (χ2n) is 21.2. The summed E-state index contributed by atoms with van der Waals surface area (Å²) in [6, 6.07) is 10.6. The van der Waals surface area contributed by atoms with Crippen LogP contribution in [0.1, 0.15) is 109 Å². The number of aromatic nitrogens is 8. The van der Waals surface area contributed by atoms with Gasteiger partial charge in [-0.3, -0.25) is 47.9 Å². The molecule has 8 rings (SSSR count). The zero-order valence-electron chi connectivity index (χ0n) is 50.2.